The molecule has 0 saturated heterocycles. The molecule has 0 saturated carbocycles. The van der Waals surface area contributed by atoms with Crippen LogP contribution in [-0.4, -0.2) is 20.7 Å². The molecule has 0 fully saturated rings. The number of carbonyl (C=O) groups excluding carboxylic acids is 1. The first-order valence-corrected chi connectivity index (χ1v) is 8.59. The predicted molar refractivity (Wildman–Crippen MR) is 105 cm³/mol. The van der Waals surface area contributed by atoms with E-state index >= 15 is 0 Å². The summed E-state index contributed by atoms with van der Waals surface area (Å²) >= 11 is 6.04. The Morgan fingerprint density at radius 1 is 0.815 bits per heavy atom. The lowest BCUT2D eigenvalue weighted by molar-refractivity contribution is 0.104. The molecule has 2 aromatic heterocycles. The molecule has 0 amide bonds. The molecule has 0 spiro atoms. The van der Waals surface area contributed by atoms with Gasteiger partial charge in [0.1, 0.15) is 5.82 Å². The molecule has 2 aromatic carbocycles. The van der Waals surface area contributed by atoms with Crippen LogP contribution in [0.5, 0.6) is 0 Å². The fourth-order valence-electron chi connectivity index (χ4n) is 3.55. The zero-order valence-electron chi connectivity index (χ0n) is 13.9. The smallest absolute Gasteiger partial charge is 0.224 e. The Labute approximate surface area is 158 Å². The summed E-state index contributed by atoms with van der Waals surface area (Å²) < 4.78 is 0. The molecule has 0 unspecified atom stereocenters. The van der Waals surface area contributed by atoms with Crippen molar-refractivity contribution in [2.24, 2.45) is 0 Å². The van der Waals surface area contributed by atoms with Crippen molar-refractivity contribution in [2.45, 2.75) is 0 Å². The van der Waals surface area contributed by atoms with E-state index in [-0.39, 0.29) is 17.5 Å². The van der Waals surface area contributed by atoms with Crippen LogP contribution in [0.25, 0.3) is 33.4 Å². The first-order chi connectivity index (χ1) is 13.0. The van der Waals surface area contributed by atoms with Crippen LogP contribution in [0.2, 0.25) is 5.02 Å². The van der Waals surface area contributed by atoms with Crippen molar-refractivity contribution in [3.63, 3.8) is 0 Å². The molecule has 2 heterocycles. The van der Waals surface area contributed by atoms with E-state index in [0.29, 0.717) is 38.4 Å². The van der Waals surface area contributed by atoms with Crippen molar-refractivity contribution in [3.05, 3.63) is 64.7 Å². The molecule has 0 atom stereocenters. The molecular formula is C20H12ClN5O. The van der Waals surface area contributed by atoms with E-state index in [2.05, 4.69) is 15.0 Å². The van der Waals surface area contributed by atoms with Crippen molar-refractivity contribution in [1.82, 2.24) is 15.0 Å². The summed E-state index contributed by atoms with van der Waals surface area (Å²) in [4.78, 5) is 26.1. The summed E-state index contributed by atoms with van der Waals surface area (Å²) in [5, 5.41) is 1.10. The highest BCUT2D eigenvalue weighted by Crippen LogP contribution is 2.44. The number of nitrogens with two attached hydrogens (primary N) is 2. The molecule has 4 aromatic rings. The van der Waals surface area contributed by atoms with Crippen LogP contribution in [0.15, 0.2) is 48.5 Å². The number of hydrogen-bond donors (Lipinski definition) is 2. The summed E-state index contributed by atoms with van der Waals surface area (Å²) in [5.74, 6) is 0.116. The molecular weight excluding hydrogens is 362 g/mol. The topological polar surface area (TPSA) is 108 Å². The monoisotopic (exact) mass is 373 g/mol. The second-order valence-corrected chi connectivity index (χ2v) is 6.69. The van der Waals surface area contributed by atoms with Crippen molar-refractivity contribution < 1.29 is 4.79 Å². The number of rotatable bonds is 1. The standard InChI is InChI=1S/C20H12ClN5O/c21-10-7-5-9(6-8-10)13-14-16(11-3-1-2-4-12(11)17(14)27)24-19-15(13)18(22)25-20(23)26-19/h1-8H,(H4,22,23,24,25,26). The fraction of sp³-hybridized carbons (Fsp3) is 0. The minimum absolute atomic E-state index is 0.0344. The fourth-order valence-corrected chi connectivity index (χ4v) is 3.68. The molecule has 5 rings (SSSR count). The maximum Gasteiger partial charge on any atom is 0.224 e. The van der Waals surface area contributed by atoms with Crippen LogP contribution in [-0.2, 0) is 0 Å². The highest BCUT2D eigenvalue weighted by atomic mass is 35.5. The largest absolute Gasteiger partial charge is 0.383 e. The quantitative estimate of drug-likeness (QED) is 0.463. The summed E-state index contributed by atoms with van der Waals surface area (Å²) in [6.45, 7) is 0. The average Bonchev–Trinajstić information content (AvgIpc) is 2.93. The number of benzene rings is 2. The van der Waals surface area contributed by atoms with Crippen molar-refractivity contribution in [3.8, 4) is 22.4 Å². The van der Waals surface area contributed by atoms with Gasteiger partial charge < -0.3 is 11.5 Å². The third kappa shape index (κ3) is 2.20. The Kier molecular flexibility index (Phi) is 3.20. The predicted octanol–water partition coefficient (Wildman–Crippen LogP) is 3.72. The molecule has 0 bridgehead atoms. The van der Waals surface area contributed by atoms with Crippen molar-refractivity contribution in [1.29, 1.82) is 0 Å². The Morgan fingerprint density at radius 3 is 2.26 bits per heavy atom. The summed E-state index contributed by atoms with van der Waals surface area (Å²) in [6, 6.07) is 14.6. The molecule has 0 radical (unpaired) electrons. The van der Waals surface area contributed by atoms with Gasteiger partial charge in [-0.05, 0) is 17.7 Å². The Bertz CT molecular complexity index is 1270. The number of halogens is 1. The molecule has 7 heteroatoms. The number of carbonyl (C=O) groups is 1. The SMILES string of the molecule is Nc1nc(N)c2c(-c3ccc(Cl)cc3)c3c(nc2n1)-c1ccccc1C3=O. The first-order valence-electron chi connectivity index (χ1n) is 8.21. The van der Waals surface area contributed by atoms with Gasteiger partial charge in [0.2, 0.25) is 5.95 Å². The Hall–Kier alpha value is -3.51. The summed E-state index contributed by atoms with van der Waals surface area (Å²) in [7, 11) is 0. The summed E-state index contributed by atoms with van der Waals surface area (Å²) in [6.07, 6.45) is 0. The van der Waals surface area contributed by atoms with E-state index < -0.39 is 0 Å². The van der Waals surface area contributed by atoms with Gasteiger partial charge >= 0.3 is 0 Å². The van der Waals surface area contributed by atoms with Gasteiger partial charge in [0.15, 0.2) is 11.4 Å². The molecule has 0 aliphatic heterocycles. The van der Waals surface area contributed by atoms with Gasteiger partial charge in [0, 0.05) is 21.7 Å². The number of nitrogen functional groups attached to an aromatic ring is 2. The minimum atomic E-state index is -0.101. The average molecular weight is 374 g/mol. The number of nitrogens with zero attached hydrogens (tertiary/aromatic N) is 3. The number of fused-ring (bicyclic) bond motifs is 4. The third-order valence-corrected chi connectivity index (χ3v) is 4.93. The number of aromatic nitrogens is 3. The molecule has 130 valence electrons. The van der Waals surface area contributed by atoms with Crippen LogP contribution in [0.3, 0.4) is 0 Å². The van der Waals surface area contributed by atoms with Gasteiger partial charge in [-0.1, -0.05) is 48.0 Å². The highest BCUT2D eigenvalue weighted by molar-refractivity contribution is 6.31. The van der Waals surface area contributed by atoms with Gasteiger partial charge in [0.05, 0.1) is 16.6 Å². The van der Waals surface area contributed by atoms with Crippen LogP contribution in [0.4, 0.5) is 11.8 Å². The van der Waals surface area contributed by atoms with E-state index in [9.17, 15) is 4.79 Å². The second-order valence-electron chi connectivity index (χ2n) is 6.26. The second kappa shape index (κ2) is 5.49. The van der Waals surface area contributed by atoms with Gasteiger partial charge in [-0.2, -0.15) is 9.97 Å². The lowest BCUT2D eigenvalue weighted by Gasteiger charge is -2.13. The van der Waals surface area contributed by atoms with E-state index in [1.165, 1.54) is 0 Å². The lowest BCUT2D eigenvalue weighted by atomic mass is 9.95. The number of anilines is 2. The van der Waals surface area contributed by atoms with Gasteiger partial charge in [-0.15, -0.1) is 0 Å². The molecule has 1 aliphatic rings. The zero-order valence-corrected chi connectivity index (χ0v) is 14.7. The number of ketones is 1. The molecule has 6 nitrogen and oxygen atoms in total. The van der Waals surface area contributed by atoms with E-state index in [0.717, 1.165) is 11.1 Å². The lowest BCUT2D eigenvalue weighted by Crippen LogP contribution is -2.06. The van der Waals surface area contributed by atoms with Crippen molar-refractivity contribution >= 4 is 40.2 Å². The van der Waals surface area contributed by atoms with E-state index in [1.54, 1.807) is 18.2 Å². The zero-order chi connectivity index (χ0) is 18.7. The maximum atomic E-state index is 13.2. The van der Waals surface area contributed by atoms with Crippen LogP contribution >= 0.6 is 11.6 Å². The van der Waals surface area contributed by atoms with Crippen LogP contribution < -0.4 is 11.5 Å². The third-order valence-electron chi connectivity index (χ3n) is 4.68. The van der Waals surface area contributed by atoms with Crippen LogP contribution in [0.1, 0.15) is 15.9 Å². The highest BCUT2D eigenvalue weighted by Gasteiger charge is 2.33. The van der Waals surface area contributed by atoms with E-state index in [4.69, 9.17) is 23.1 Å². The molecule has 1 aliphatic carbocycles. The Morgan fingerprint density at radius 2 is 1.52 bits per heavy atom. The minimum Gasteiger partial charge on any atom is -0.383 e. The maximum absolute atomic E-state index is 13.2. The van der Waals surface area contributed by atoms with E-state index in [1.807, 2.05) is 30.3 Å². The van der Waals surface area contributed by atoms with Gasteiger partial charge in [-0.3, -0.25) is 4.79 Å². The van der Waals surface area contributed by atoms with Gasteiger partial charge in [-0.25, -0.2) is 4.98 Å². The molecule has 4 N–H and O–H groups in total. The first kappa shape index (κ1) is 15.7. The molecule has 27 heavy (non-hydrogen) atoms. The number of hydrogen-bond acceptors (Lipinski definition) is 6. The summed E-state index contributed by atoms with van der Waals surface area (Å²) in [5.41, 5.74) is 16.2. The van der Waals surface area contributed by atoms with Gasteiger partial charge in [0.25, 0.3) is 0 Å². The van der Waals surface area contributed by atoms with Crippen LogP contribution in [0, 0.1) is 0 Å². The van der Waals surface area contributed by atoms with Crippen molar-refractivity contribution in [2.75, 3.05) is 11.5 Å². The normalized spacial score (nSPS) is 12.3. The Balaban J connectivity index is 1.98. The number of pyridine rings is 1.